The van der Waals surface area contributed by atoms with Crippen LogP contribution in [0, 0.1) is 0 Å². The molecule has 7 nitrogen and oxygen atoms in total. The minimum absolute atomic E-state index is 0.0806. The highest BCUT2D eigenvalue weighted by atomic mass is 35.5. The van der Waals surface area contributed by atoms with E-state index in [0.717, 1.165) is 5.75 Å². The van der Waals surface area contributed by atoms with Crippen LogP contribution >= 0.6 is 11.6 Å². The predicted octanol–water partition coefficient (Wildman–Crippen LogP) is 3.39. The summed E-state index contributed by atoms with van der Waals surface area (Å²) in [4.78, 5) is 14.8. The Morgan fingerprint density at radius 2 is 1.71 bits per heavy atom. The molecule has 0 bridgehead atoms. The SMILES string of the molecule is CCOc1ccc(C(=O)N2CCC3(CC2)OCCN3S(=O)(=O)c2ccc(Cl)cc2)cc1. The Morgan fingerprint density at radius 3 is 2.32 bits per heavy atom. The average Bonchev–Trinajstić information content (AvgIpc) is 3.19. The molecule has 2 aromatic rings. The van der Waals surface area contributed by atoms with Crippen molar-refractivity contribution in [2.75, 3.05) is 32.8 Å². The van der Waals surface area contributed by atoms with Crippen molar-refractivity contribution in [3.63, 3.8) is 0 Å². The van der Waals surface area contributed by atoms with Gasteiger partial charge >= 0.3 is 0 Å². The average molecular weight is 465 g/mol. The first-order valence-corrected chi connectivity index (χ1v) is 12.1. The first-order valence-electron chi connectivity index (χ1n) is 10.3. The minimum Gasteiger partial charge on any atom is -0.494 e. The van der Waals surface area contributed by atoms with E-state index in [1.165, 1.54) is 16.4 Å². The van der Waals surface area contributed by atoms with E-state index in [1.807, 2.05) is 6.92 Å². The molecule has 9 heteroatoms. The second-order valence-electron chi connectivity index (χ2n) is 7.58. The summed E-state index contributed by atoms with van der Waals surface area (Å²) in [6, 6.07) is 13.2. The van der Waals surface area contributed by atoms with E-state index in [4.69, 9.17) is 21.1 Å². The van der Waals surface area contributed by atoms with Crippen molar-refractivity contribution in [2.45, 2.75) is 30.4 Å². The van der Waals surface area contributed by atoms with Crippen LogP contribution in [0.3, 0.4) is 0 Å². The molecular weight excluding hydrogens is 440 g/mol. The number of piperidine rings is 1. The highest BCUT2D eigenvalue weighted by Gasteiger charge is 2.51. The number of ether oxygens (including phenoxy) is 2. The molecule has 4 rings (SSSR count). The van der Waals surface area contributed by atoms with Crippen LogP contribution in [0.2, 0.25) is 5.02 Å². The molecule has 0 N–H and O–H groups in total. The van der Waals surface area contributed by atoms with Crippen LogP contribution in [-0.4, -0.2) is 62.1 Å². The number of benzene rings is 2. The van der Waals surface area contributed by atoms with Crippen LogP contribution in [-0.2, 0) is 14.8 Å². The van der Waals surface area contributed by atoms with E-state index in [9.17, 15) is 13.2 Å². The summed E-state index contributed by atoms with van der Waals surface area (Å²) in [7, 11) is -3.73. The fourth-order valence-electron chi connectivity index (χ4n) is 4.16. The van der Waals surface area contributed by atoms with Crippen LogP contribution in [0.1, 0.15) is 30.1 Å². The zero-order chi connectivity index (χ0) is 22.1. The van der Waals surface area contributed by atoms with Gasteiger partial charge in [0.15, 0.2) is 0 Å². The Hall–Kier alpha value is -2.13. The molecule has 166 valence electrons. The molecular formula is C22H25ClN2O5S. The number of sulfonamides is 1. The van der Waals surface area contributed by atoms with E-state index in [2.05, 4.69) is 0 Å². The summed E-state index contributed by atoms with van der Waals surface area (Å²) in [5.41, 5.74) is -0.342. The summed E-state index contributed by atoms with van der Waals surface area (Å²) in [6.45, 7) is 3.93. The molecule has 0 atom stereocenters. The Labute approximate surface area is 187 Å². The molecule has 0 aromatic heterocycles. The van der Waals surface area contributed by atoms with Crippen LogP contribution in [0.25, 0.3) is 0 Å². The first kappa shape index (κ1) is 22.1. The molecule has 1 spiro atoms. The largest absolute Gasteiger partial charge is 0.494 e. The molecule has 2 saturated heterocycles. The summed E-state index contributed by atoms with van der Waals surface area (Å²) < 4.78 is 39.3. The lowest BCUT2D eigenvalue weighted by atomic mass is 10.00. The van der Waals surface area contributed by atoms with E-state index >= 15 is 0 Å². The standard InChI is InChI=1S/C22H25ClN2O5S/c1-2-29-19-7-3-17(4-8-19)21(26)24-13-11-22(12-14-24)25(15-16-30-22)31(27,28)20-9-5-18(23)6-10-20/h3-10H,2,11-16H2,1H3. The Morgan fingerprint density at radius 1 is 1.06 bits per heavy atom. The predicted molar refractivity (Wildman–Crippen MR) is 117 cm³/mol. The van der Waals surface area contributed by atoms with Crippen molar-refractivity contribution >= 4 is 27.5 Å². The van der Waals surface area contributed by atoms with Gasteiger partial charge in [-0.15, -0.1) is 0 Å². The van der Waals surface area contributed by atoms with Gasteiger partial charge in [0.2, 0.25) is 10.0 Å². The maximum Gasteiger partial charge on any atom is 0.253 e. The fraction of sp³-hybridized carbons (Fsp3) is 0.409. The van der Waals surface area contributed by atoms with Crippen LogP contribution in [0.15, 0.2) is 53.4 Å². The number of rotatable bonds is 5. The summed E-state index contributed by atoms with van der Waals surface area (Å²) >= 11 is 5.91. The van der Waals surface area contributed by atoms with Crippen LogP contribution in [0.4, 0.5) is 0 Å². The van der Waals surface area contributed by atoms with E-state index in [-0.39, 0.29) is 17.3 Å². The third kappa shape index (κ3) is 4.30. The molecule has 2 aromatic carbocycles. The topological polar surface area (TPSA) is 76.2 Å². The number of carbonyl (C=O) groups excluding carboxylic acids is 1. The Bertz CT molecular complexity index is 1030. The summed E-state index contributed by atoms with van der Waals surface area (Å²) in [5.74, 6) is 0.641. The number of amides is 1. The number of likely N-dealkylation sites (tertiary alicyclic amines) is 1. The van der Waals surface area contributed by atoms with E-state index in [1.54, 1.807) is 41.3 Å². The number of halogens is 1. The lowest BCUT2D eigenvalue weighted by Gasteiger charge is -2.42. The lowest BCUT2D eigenvalue weighted by Crippen LogP contribution is -2.55. The molecule has 0 saturated carbocycles. The molecule has 0 unspecified atom stereocenters. The van der Waals surface area contributed by atoms with Crippen molar-refractivity contribution in [3.05, 3.63) is 59.1 Å². The van der Waals surface area contributed by atoms with Crippen molar-refractivity contribution in [2.24, 2.45) is 0 Å². The van der Waals surface area contributed by atoms with Gasteiger partial charge in [-0.2, -0.15) is 4.31 Å². The molecule has 1 amide bonds. The van der Waals surface area contributed by atoms with Gasteiger partial charge in [0.25, 0.3) is 5.91 Å². The first-order chi connectivity index (χ1) is 14.9. The number of hydrogen-bond donors (Lipinski definition) is 0. The van der Waals surface area contributed by atoms with Gasteiger partial charge in [-0.3, -0.25) is 4.79 Å². The number of carbonyl (C=O) groups is 1. The smallest absolute Gasteiger partial charge is 0.253 e. The van der Waals surface area contributed by atoms with Gasteiger partial charge in [-0.1, -0.05) is 11.6 Å². The molecule has 2 fully saturated rings. The zero-order valence-electron chi connectivity index (χ0n) is 17.3. The second kappa shape index (κ2) is 8.78. The number of hydrogen-bond acceptors (Lipinski definition) is 5. The van der Waals surface area contributed by atoms with Crippen molar-refractivity contribution in [3.8, 4) is 5.75 Å². The third-order valence-electron chi connectivity index (χ3n) is 5.77. The van der Waals surface area contributed by atoms with Gasteiger partial charge < -0.3 is 14.4 Å². The van der Waals surface area contributed by atoms with E-state index < -0.39 is 15.7 Å². The second-order valence-corrected chi connectivity index (χ2v) is 9.87. The van der Waals surface area contributed by atoms with Gasteiger partial charge in [0.05, 0.1) is 18.1 Å². The van der Waals surface area contributed by atoms with Crippen molar-refractivity contribution in [1.29, 1.82) is 0 Å². The normalized spacial score (nSPS) is 19.0. The summed E-state index contributed by atoms with van der Waals surface area (Å²) in [5, 5.41) is 0.479. The van der Waals surface area contributed by atoms with Crippen LogP contribution < -0.4 is 4.74 Å². The highest BCUT2D eigenvalue weighted by molar-refractivity contribution is 7.89. The van der Waals surface area contributed by atoms with E-state index in [0.29, 0.717) is 49.7 Å². The zero-order valence-corrected chi connectivity index (χ0v) is 18.9. The lowest BCUT2D eigenvalue weighted by molar-refractivity contribution is -0.0857. The molecule has 2 aliphatic rings. The Balaban J connectivity index is 1.47. The molecule has 2 heterocycles. The maximum atomic E-state index is 13.3. The van der Waals surface area contributed by atoms with Gasteiger partial charge in [-0.05, 0) is 55.5 Å². The highest BCUT2D eigenvalue weighted by Crippen LogP contribution is 2.38. The third-order valence-corrected chi connectivity index (χ3v) is 7.98. The van der Waals surface area contributed by atoms with Gasteiger partial charge in [-0.25, -0.2) is 8.42 Å². The van der Waals surface area contributed by atoms with Crippen molar-refractivity contribution < 1.29 is 22.7 Å². The molecule has 2 aliphatic heterocycles. The summed E-state index contributed by atoms with van der Waals surface area (Å²) in [6.07, 6.45) is 0.838. The maximum absolute atomic E-state index is 13.3. The molecule has 0 radical (unpaired) electrons. The number of nitrogens with zero attached hydrogens (tertiary/aromatic N) is 2. The van der Waals surface area contributed by atoms with Crippen molar-refractivity contribution in [1.82, 2.24) is 9.21 Å². The molecule has 31 heavy (non-hydrogen) atoms. The fourth-order valence-corrected chi connectivity index (χ4v) is 6.01. The monoisotopic (exact) mass is 464 g/mol. The molecule has 0 aliphatic carbocycles. The van der Waals surface area contributed by atoms with Gasteiger partial charge in [0, 0.05) is 43.1 Å². The quantitative estimate of drug-likeness (QED) is 0.678. The Kier molecular flexibility index (Phi) is 6.25. The van der Waals surface area contributed by atoms with Gasteiger partial charge in [0.1, 0.15) is 11.5 Å². The minimum atomic E-state index is -3.73. The van der Waals surface area contributed by atoms with Crippen LogP contribution in [0.5, 0.6) is 5.75 Å².